The average Bonchev–Trinajstić information content (AvgIpc) is 2.09. The summed E-state index contributed by atoms with van der Waals surface area (Å²) in [5, 5.41) is 3.19. The van der Waals surface area contributed by atoms with Crippen molar-refractivity contribution in [2.45, 2.75) is 12.4 Å². The maximum atomic E-state index is 10.7. The molecule has 1 N–H and O–H groups in total. The van der Waals surface area contributed by atoms with Gasteiger partial charge in [-0.1, -0.05) is 0 Å². The van der Waals surface area contributed by atoms with E-state index in [0.717, 1.165) is 17.0 Å². The molecule has 18 heavy (non-hydrogen) atoms. The van der Waals surface area contributed by atoms with Gasteiger partial charge in [-0.25, -0.2) is 13.4 Å². The topological polar surface area (TPSA) is 81.6 Å². The molecule has 0 rings (SSSR count). The number of quaternary nitrogens is 1. The van der Waals surface area contributed by atoms with Gasteiger partial charge in [-0.15, -0.1) is 0 Å². The maximum Gasteiger partial charge on any atom is 0.485 e. The van der Waals surface area contributed by atoms with Crippen LogP contribution in [-0.4, -0.2) is 63.7 Å². The van der Waals surface area contributed by atoms with Gasteiger partial charge in [-0.2, -0.15) is 13.2 Å². The molecule has 0 spiro atoms. The number of hydrogen-bond donors (Lipinski definition) is 1. The molecule has 0 aromatic carbocycles. The van der Waals surface area contributed by atoms with E-state index in [1.165, 1.54) is 0 Å². The van der Waals surface area contributed by atoms with Crippen LogP contribution in [0.5, 0.6) is 0 Å². The first-order valence-electron chi connectivity index (χ1n) is 4.82. The number of rotatable bonds is 1. The molecular weight excluding hydrogens is 275 g/mol. The van der Waals surface area contributed by atoms with Gasteiger partial charge < -0.3 is 9.87 Å². The molecule has 110 valence electrons. The van der Waals surface area contributed by atoms with Gasteiger partial charge in [-0.3, -0.25) is 4.48 Å². The molecular formula is C8H18F3N3O3S. The summed E-state index contributed by atoms with van der Waals surface area (Å²) in [7, 11) is 1.98. The Balaban J connectivity index is 0. The van der Waals surface area contributed by atoms with E-state index in [-0.39, 0.29) is 0 Å². The predicted molar refractivity (Wildman–Crippen MR) is 60.8 cm³/mol. The quantitative estimate of drug-likeness (QED) is 0.248. The maximum absolute atomic E-state index is 10.7. The molecule has 0 fully saturated rings. The summed E-state index contributed by atoms with van der Waals surface area (Å²) in [5.74, 6) is 1.02. The minimum atomic E-state index is -6.09. The molecule has 0 aliphatic rings. The highest BCUT2D eigenvalue weighted by Gasteiger charge is 2.36. The zero-order valence-electron chi connectivity index (χ0n) is 10.9. The molecule has 0 saturated heterocycles. The van der Waals surface area contributed by atoms with Gasteiger partial charge >= 0.3 is 5.51 Å². The van der Waals surface area contributed by atoms with Crippen LogP contribution in [0.15, 0.2) is 4.99 Å². The third-order valence-electron chi connectivity index (χ3n) is 1.47. The van der Waals surface area contributed by atoms with Crippen molar-refractivity contribution >= 4 is 16.1 Å². The first-order valence-corrected chi connectivity index (χ1v) is 6.23. The SMILES string of the molecule is CCNC(=NC)[N+](C)(C)C.O=S(=O)([O-])C(F)(F)F. The molecule has 0 aliphatic heterocycles. The summed E-state index contributed by atoms with van der Waals surface area (Å²) >= 11 is 0. The summed E-state index contributed by atoms with van der Waals surface area (Å²) in [6, 6.07) is 0. The van der Waals surface area contributed by atoms with Crippen molar-refractivity contribution < 1.29 is 30.6 Å². The fourth-order valence-electron chi connectivity index (χ4n) is 0.774. The van der Waals surface area contributed by atoms with Crippen LogP contribution in [0.2, 0.25) is 0 Å². The van der Waals surface area contributed by atoms with Crippen LogP contribution in [0.4, 0.5) is 13.2 Å². The second-order valence-corrected chi connectivity index (χ2v) is 5.36. The van der Waals surface area contributed by atoms with Crippen LogP contribution >= 0.6 is 0 Å². The Labute approximate surface area is 105 Å². The number of nitrogens with zero attached hydrogens (tertiary/aromatic N) is 2. The van der Waals surface area contributed by atoms with Crippen molar-refractivity contribution in [2.75, 3.05) is 34.7 Å². The summed E-state index contributed by atoms with van der Waals surface area (Å²) in [4.78, 5) is 4.13. The average molecular weight is 293 g/mol. The Hall–Kier alpha value is -0.870. The van der Waals surface area contributed by atoms with Crippen LogP contribution in [0, 0.1) is 0 Å². The molecule has 0 aromatic heterocycles. The van der Waals surface area contributed by atoms with Crippen molar-refractivity contribution in [3.8, 4) is 0 Å². The van der Waals surface area contributed by atoms with Crippen LogP contribution in [0.1, 0.15) is 6.92 Å². The lowest BCUT2D eigenvalue weighted by molar-refractivity contribution is -0.779. The van der Waals surface area contributed by atoms with E-state index in [1.807, 2.05) is 7.05 Å². The van der Waals surface area contributed by atoms with Crippen molar-refractivity contribution in [2.24, 2.45) is 4.99 Å². The Morgan fingerprint density at radius 1 is 1.33 bits per heavy atom. The highest BCUT2D eigenvalue weighted by Crippen LogP contribution is 2.20. The van der Waals surface area contributed by atoms with Gasteiger partial charge in [0.2, 0.25) is 0 Å². The molecule has 0 aliphatic carbocycles. The van der Waals surface area contributed by atoms with Crippen molar-refractivity contribution in [1.29, 1.82) is 0 Å². The normalized spacial score (nSPS) is 13.7. The number of hydrogen-bond acceptors (Lipinski definition) is 4. The zero-order valence-corrected chi connectivity index (χ0v) is 11.7. The highest BCUT2D eigenvalue weighted by atomic mass is 32.2. The molecule has 0 bridgehead atoms. The Bertz CT molecular complexity index is 371. The molecule has 0 amide bonds. The smallest absolute Gasteiger partial charge is 0.485 e. The van der Waals surface area contributed by atoms with Gasteiger partial charge in [0.15, 0.2) is 10.1 Å². The first kappa shape index (κ1) is 19.5. The Kier molecular flexibility index (Phi) is 7.47. The molecule has 0 atom stereocenters. The standard InChI is InChI=1S/C7H18N3.CHF3O3S/c1-6-9-7(8-2)10(3,4)5;2-1(3,4)8(5,6)7/h6H2,1-5H3,(H,8,9);(H,5,6,7)/q+1;/p-1. The highest BCUT2D eigenvalue weighted by molar-refractivity contribution is 7.86. The van der Waals surface area contributed by atoms with Crippen LogP contribution in [0.3, 0.4) is 0 Å². The molecule has 10 heteroatoms. The fourth-order valence-corrected chi connectivity index (χ4v) is 0.774. The van der Waals surface area contributed by atoms with Crippen LogP contribution < -0.4 is 5.32 Å². The third kappa shape index (κ3) is 8.25. The minimum Gasteiger partial charge on any atom is -0.741 e. The van der Waals surface area contributed by atoms with E-state index in [4.69, 9.17) is 13.0 Å². The van der Waals surface area contributed by atoms with Gasteiger partial charge in [0, 0.05) is 13.6 Å². The number of guanidine groups is 1. The zero-order chi connectivity index (χ0) is 15.2. The Morgan fingerprint density at radius 2 is 1.67 bits per heavy atom. The van der Waals surface area contributed by atoms with Crippen LogP contribution in [-0.2, 0) is 10.1 Å². The molecule has 0 aromatic rings. The number of nitrogens with one attached hydrogen (secondary N) is 1. The monoisotopic (exact) mass is 293 g/mol. The fraction of sp³-hybridized carbons (Fsp3) is 0.875. The first-order chi connectivity index (χ1) is 7.77. The number of halogens is 3. The summed E-state index contributed by atoms with van der Waals surface area (Å²) in [6.07, 6.45) is 0. The second kappa shape index (κ2) is 6.90. The lowest BCUT2D eigenvalue weighted by Crippen LogP contribution is -2.49. The summed E-state index contributed by atoms with van der Waals surface area (Å²) in [6.45, 7) is 3.00. The van der Waals surface area contributed by atoms with E-state index in [0.29, 0.717) is 0 Å². The molecule has 6 nitrogen and oxygen atoms in total. The second-order valence-electron chi connectivity index (χ2n) is 3.99. The van der Waals surface area contributed by atoms with Crippen LogP contribution in [0.25, 0.3) is 0 Å². The van der Waals surface area contributed by atoms with Gasteiger partial charge in [0.25, 0.3) is 5.96 Å². The number of aliphatic imine (C=N–C) groups is 1. The molecule has 0 radical (unpaired) electrons. The van der Waals surface area contributed by atoms with Gasteiger partial charge in [-0.05, 0) is 6.92 Å². The molecule has 0 saturated carbocycles. The largest absolute Gasteiger partial charge is 0.741 e. The van der Waals surface area contributed by atoms with E-state index in [1.54, 1.807) is 0 Å². The summed E-state index contributed by atoms with van der Waals surface area (Å²) < 4.78 is 59.7. The van der Waals surface area contributed by atoms with Gasteiger partial charge in [0.1, 0.15) is 0 Å². The number of alkyl halides is 3. The van der Waals surface area contributed by atoms with E-state index >= 15 is 0 Å². The lowest BCUT2D eigenvalue weighted by atomic mass is 10.6. The lowest BCUT2D eigenvalue weighted by Gasteiger charge is -2.24. The van der Waals surface area contributed by atoms with Crippen molar-refractivity contribution in [3.63, 3.8) is 0 Å². The third-order valence-corrected chi connectivity index (χ3v) is 2.03. The predicted octanol–water partition coefficient (Wildman–Crippen LogP) is 0.339. The minimum absolute atomic E-state index is 0.754. The molecule has 0 heterocycles. The van der Waals surface area contributed by atoms with Gasteiger partial charge in [0.05, 0.1) is 21.1 Å². The van der Waals surface area contributed by atoms with E-state index in [2.05, 4.69) is 38.4 Å². The van der Waals surface area contributed by atoms with E-state index in [9.17, 15) is 13.2 Å². The molecule has 0 unspecified atom stereocenters. The van der Waals surface area contributed by atoms with E-state index < -0.39 is 15.6 Å². The van der Waals surface area contributed by atoms with Crippen molar-refractivity contribution in [1.82, 2.24) is 5.32 Å². The van der Waals surface area contributed by atoms with Crippen molar-refractivity contribution in [3.05, 3.63) is 0 Å². The summed E-state index contributed by atoms with van der Waals surface area (Å²) in [5.41, 5.74) is -5.65. The Morgan fingerprint density at radius 3 is 1.72 bits per heavy atom.